The molecule has 3 heterocycles. The topological polar surface area (TPSA) is 64.4 Å². The maximum atomic E-state index is 12.9. The molecule has 31 heavy (non-hydrogen) atoms. The number of benzene rings is 1. The van der Waals surface area contributed by atoms with Gasteiger partial charge in [-0.2, -0.15) is 5.10 Å². The second-order valence-corrected chi connectivity index (χ2v) is 8.77. The Bertz CT molecular complexity index is 1060. The highest BCUT2D eigenvalue weighted by atomic mass is 32.1. The molecule has 1 aromatic carbocycles. The molecule has 7 heteroatoms. The van der Waals surface area contributed by atoms with Gasteiger partial charge in [0, 0.05) is 25.7 Å². The van der Waals surface area contributed by atoms with Gasteiger partial charge in [-0.15, -0.1) is 11.3 Å². The number of amides is 1. The summed E-state index contributed by atoms with van der Waals surface area (Å²) in [6.07, 6.45) is 2.31. The zero-order chi connectivity index (χ0) is 21.6. The molecule has 0 aliphatic carbocycles. The molecule has 0 radical (unpaired) electrons. The van der Waals surface area contributed by atoms with Crippen molar-refractivity contribution in [2.75, 3.05) is 19.7 Å². The lowest BCUT2D eigenvalue weighted by Gasteiger charge is -2.33. The van der Waals surface area contributed by atoms with E-state index in [9.17, 15) is 9.59 Å². The van der Waals surface area contributed by atoms with Crippen LogP contribution in [-0.4, -0.2) is 40.3 Å². The number of carbonyl (C=O) groups excluding carboxylic acids is 1. The van der Waals surface area contributed by atoms with Crippen molar-refractivity contribution in [3.63, 3.8) is 0 Å². The normalized spacial score (nSPS) is 16.3. The fourth-order valence-corrected chi connectivity index (χ4v) is 4.67. The van der Waals surface area contributed by atoms with Gasteiger partial charge in [0.2, 0.25) is 5.91 Å². The molecule has 1 aliphatic rings. The highest BCUT2D eigenvalue weighted by Crippen LogP contribution is 2.23. The standard InChI is InChI=1S/C24H27N3O3S/c1-2-30-20-9-7-18(8-10-20)15-24(29)26-13-3-5-19(16-26)17-27-23(28)12-11-21(25-27)22-6-4-14-31-22/h4,6-12,14,19H,2-3,5,13,15-17H2,1H3/t19-/m1/s1. The molecule has 3 aromatic rings. The predicted molar refractivity (Wildman–Crippen MR) is 122 cm³/mol. The smallest absolute Gasteiger partial charge is 0.266 e. The average Bonchev–Trinajstić information content (AvgIpc) is 3.32. The van der Waals surface area contributed by atoms with Crippen LogP contribution in [0.1, 0.15) is 25.3 Å². The van der Waals surface area contributed by atoms with Crippen LogP contribution in [0.2, 0.25) is 0 Å². The van der Waals surface area contributed by atoms with Crippen molar-refractivity contribution < 1.29 is 9.53 Å². The molecule has 1 saturated heterocycles. The number of hydrogen-bond acceptors (Lipinski definition) is 5. The lowest BCUT2D eigenvalue weighted by molar-refractivity contribution is -0.132. The third kappa shape index (κ3) is 5.41. The molecular weight excluding hydrogens is 410 g/mol. The average molecular weight is 438 g/mol. The number of nitrogens with zero attached hydrogens (tertiary/aromatic N) is 3. The minimum Gasteiger partial charge on any atom is -0.494 e. The van der Waals surface area contributed by atoms with E-state index < -0.39 is 0 Å². The van der Waals surface area contributed by atoms with E-state index in [-0.39, 0.29) is 17.4 Å². The van der Waals surface area contributed by atoms with Crippen LogP contribution in [0.3, 0.4) is 0 Å². The SMILES string of the molecule is CCOc1ccc(CC(=O)N2CCC[C@@H](Cn3nc(-c4cccs4)ccc3=O)C2)cc1. The Morgan fingerprint density at radius 1 is 1.19 bits per heavy atom. The molecule has 162 valence electrons. The van der Waals surface area contributed by atoms with E-state index in [0.717, 1.165) is 41.3 Å². The van der Waals surface area contributed by atoms with Crippen molar-refractivity contribution >= 4 is 17.2 Å². The number of piperidine rings is 1. The van der Waals surface area contributed by atoms with Gasteiger partial charge in [-0.3, -0.25) is 9.59 Å². The van der Waals surface area contributed by atoms with Gasteiger partial charge in [0.1, 0.15) is 11.4 Å². The first kappa shape index (κ1) is 21.3. The molecule has 1 aliphatic heterocycles. The van der Waals surface area contributed by atoms with Crippen LogP contribution in [0.25, 0.3) is 10.6 Å². The lowest BCUT2D eigenvalue weighted by Crippen LogP contribution is -2.42. The molecule has 0 bridgehead atoms. The molecular formula is C24H27N3O3S. The number of carbonyl (C=O) groups is 1. The van der Waals surface area contributed by atoms with Crippen LogP contribution in [0, 0.1) is 5.92 Å². The van der Waals surface area contributed by atoms with Crippen molar-refractivity contribution in [1.82, 2.24) is 14.7 Å². The number of rotatable bonds is 7. The summed E-state index contributed by atoms with van der Waals surface area (Å²) < 4.78 is 7.02. The summed E-state index contributed by atoms with van der Waals surface area (Å²) in [5.41, 5.74) is 1.70. The second kappa shape index (κ2) is 9.92. The highest BCUT2D eigenvalue weighted by Gasteiger charge is 2.24. The second-order valence-electron chi connectivity index (χ2n) is 7.82. The fraction of sp³-hybridized carbons (Fsp3) is 0.375. The van der Waals surface area contributed by atoms with E-state index in [0.29, 0.717) is 26.1 Å². The Labute approximate surface area is 186 Å². The van der Waals surface area contributed by atoms with Gasteiger partial charge in [0.15, 0.2) is 0 Å². The first-order valence-corrected chi connectivity index (χ1v) is 11.6. The van der Waals surface area contributed by atoms with E-state index in [2.05, 4.69) is 5.10 Å². The fourth-order valence-electron chi connectivity index (χ4n) is 3.98. The number of hydrogen-bond donors (Lipinski definition) is 0. The summed E-state index contributed by atoms with van der Waals surface area (Å²) in [6.45, 7) is 4.54. The molecule has 0 spiro atoms. The molecule has 1 fully saturated rings. The summed E-state index contributed by atoms with van der Waals surface area (Å²) in [7, 11) is 0. The van der Waals surface area contributed by atoms with Gasteiger partial charge in [-0.1, -0.05) is 18.2 Å². The van der Waals surface area contributed by atoms with Crippen molar-refractivity contribution in [3.05, 3.63) is 69.8 Å². The van der Waals surface area contributed by atoms with Crippen molar-refractivity contribution in [2.45, 2.75) is 32.7 Å². The Morgan fingerprint density at radius 3 is 2.77 bits per heavy atom. The molecule has 6 nitrogen and oxygen atoms in total. The Kier molecular flexibility index (Phi) is 6.82. The van der Waals surface area contributed by atoms with Crippen LogP contribution in [-0.2, 0) is 17.8 Å². The molecule has 0 N–H and O–H groups in total. The Hall–Kier alpha value is -2.93. The van der Waals surface area contributed by atoms with Crippen LogP contribution < -0.4 is 10.3 Å². The molecule has 0 saturated carbocycles. The zero-order valence-corrected chi connectivity index (χ0v) is 18.5. The first-order valence-electron chi connectivity index (χ1n) is 10.7. The van der Waals surface area contributed by atoms with Gasteiger partial charge < -0.3 is 9.64 Å². The molecule has 1 atom stereocenters. The maximum absolute atomic E-state index is 12.9. The minimum atomic E-state index is -0.0989. The van der Waals surface area contributed by atoms with E-state index in [1.165, 1.54) is 0 Å². The minimum absolute atomic E-state index is 0.0989. The van der Waals surface area contributed by atoms with Gasteiger partial charge in [-0.05, 0) is 60.9 Å². The molecule has 0 unspecified atom stereocenters. The van der Waals surface area contributed by atoms with Crippen molar-refractivity contribution in [2.24, 2.45) is 5.92 Å². The molecule has 4 rings (SSSR count). The number of thiophene rings is 1. The van der Waals surface area contributed by atoms with E-state index in [4.69, 9.17) is 4.74 Å². The monoisotopic (exact) mass is 437 g/mol. The van der Waals surface area contributed by atoms with Crippen LogP contribution >= 0.6 is 11.3 Å². The predicted octanol–water partition coefficient (Wildman–Crippen LogP) is 3.85. The zero-order valence-electron chi connectivity index (χ0n) is 17.7. The Balaban J connectivity index is 1.39. The largest absolute Gasteiger partial charge is 0.494 e. The van der Waals surface area contributed by atoms with E-state index in [1.54, 1.807) is 28.2 Å². The van der Waals surface area contributed by atoms with Crippen molar-refractivity contribution in [3.8, 4) is 16.3 Å². The van der Waals surface area contributed by atoms with Gasteiger partial charge in [0.05, 0.1) is 17.9 Å². The summed E-state index contributed by atoms with van der Waals surface area (Å²) in [5, 5.41) is 6.57. The number of aromatic nitrogens is 2. The summed E-state index contributed by atoms with van der Waals surface area (Å²) in [5.74, 6) is 1.17. The summed E-state index contributed by atoms with van der Waals surface area (Å²) in [4.78, 5) is 28.2. The van der Waals surface area contributed by atoms with E-state index >= 15 is 0 Å². The maximum Gasteiger partial charge on any atom is 0.266 e. The number of likely N-dealkylation sites (tertiary alicyclic amines) is 1. The van der Waals surface area contributed by atoms with Crippen molar-refractivity contribution in [1.29, 1.82) is 0 Å². The number of ether oxygens (including phenoxy) is 1. The van der Waals surface area contributed by atoms with Crippen LogP contribution in [0.15, 0.2) is 58.7 Å². The van der Waals surface area contributed by atoms with E-state index in [1.807, 2.05) is 53.6 Å². The summed E-state index contributed by atoms with van der Waals surface area (Å²) in [6, 6.07) is 15.1. The quantitative estimate of drug-likeness (QED) is 0.563. The summed E-state index contributed by atoms with van der Waals surface area (Å²) >= 11 is 1.61. The van der Waals surface area contributed by atoms with Crippen LogP contribution in [0.5, 0.6) is 5.75 Å². The van der Waals surface area contributed by atoms with Gasteiger partial charge >= 0.3 is 0 Å². The first-order chi connectivity index (χ1) is 15.1. The van der Waals surface area contributed by atoms with Crippen LogP contribution in [0.4, 0.5) is 0 Å². The molecule has 1 amide bonds. The lowest BCUT2D eigenvalue weighted by atomic mass is 9.97. The Morgan fingerprint density at radius 2 is 2.03 bits per heavy atom. The third-order valence-electron chi connectivity index (χ3n) is 5.53. The highest BCUT2D eigenvalue weighted by molar-refractivity contribution is 7.13. The van der Waals surface area contributed by atoms with Gasteiger partial charge in [-0.25, -0.2) is 4.68 Å². The molecule has 2 aromatic heterocycles. The van der Waals surface area contributed by atoms with Gasteiger partial charge in [0.25, 0.3) is 5.56 Å². The third-order valence-corrected chi connectivity index (χ3v) is 6.43.